The zero-order valence-electron chi connectivity index (χ0n) is 15.3. The second-order valence-electron chi connectivity index (χ2n) is 6.92. The van der Waals surface area contributed by atoms with Crippen LogP contribution in [0.3, 0.4) is 0 Å². The van der Waals surface area contributed by atoms with E-state index < -0.39 is 29.3 Å². The Labute approximate surface area is 178 Å². The molecule has 0 saturated heterocycles. The average Bonchev–Trinajstić information content (AvgIpc) is 3.30. The monoisotopic (exact) mass is 458 g/mol. The molecule has 2 heterocycles. The van der Waals surface area contributed by atoms with Gasteiger partial charge in [-0.1, -0.05) is 35.3 Å². The Morgan fingerprint density at radius 1 is 1.23 bits per heavy atom. The molecule has 7 nitrogen and oxygen atoms in total. The molecule has 3 aromatic rings. The van der Waals surface area contributed by atoms with Gasteiger partial charge < -0.3 is 0 Å². The minimum Gasteiger partial charge on any atom is -0.292 e. The highest BCUT2D eigenvalue weighted by molar-refractivity contribution is 6.32. The van der Waals surface area contributed by atoms with Crippen molar-refractivity contribution in [2.45, 2.75) is 38.0 Å². The van der Waals surface area contributed by atoms with Crippen LogP contribution < -0.4 is 5.32 Å². The fraction of sp³-hybridized carbons (Fsp3) is 0.333. The zero-order chi connectivity index (χ0) is 21.5. The molecular formula is C18H15Cl2F3N6O. The minimum absolute atomic E-state index is 0.0318. The van der Waals surface area contributed by atoms with Gasteiger partial charge in [0.2, 0.25) is 11.9 Å². The van der Waals surface area contributed by atoms with Crippen molar-refractivity contribution in [2.24, 2.45) is 0 Å². The molecule has 0 atom stereocenters. The van der Waals surface area contributed by atoms with Crippen molar-refractivity contribution in [1.29, 1.82) is 0 Å². The Hall–Kier alpha value is -2.59. The lowest BCUT2D eigenvalue weighted by Crippen LogP contribution is -2.22. The highest BCUT2D eigenvalue weighted by atomic mass is 35.5. The van der Waals surface area contributed by atoms with Gasteiger partial charge in [-0.05, 0) is 30.5 Å². The van der Waals surface area contributed by atoms with E-state index in [9.17, 15) is 18.0 Å². The molecule has 30 heavy (non-hydrogen) atoms. The maximum absolute atomic E-state index is 13.1. The van der Waals surface area contributed by atoms with Crippen molar-refractivity contribution in [3.8, 4) is 0 Å². The summed E-state index contributed by atoms with van der Waals surface area (Å²) < 4.78 is 41.9. The molecule has 1 fully saturated rings. The predicted molar refractivity (Wildman–Crippen MR) is 103 cm³/mol. The van der Waals surface area contributed by atoms with Crippen LogP contribution in [0.15, 0.2) is 30.6 Å². The van der Waals surface area contributed by atoms with Crippen LogP contribution >= 0.6 is 23.2 Å². The van der Waals surface area contributed by atoms with Gasteiger partial charge in [-0.2, -0.15) is 18.3 Å². The molecule has 1 saturated carbocycles. The third kappa shape index (κ3) is 4.59. The summed E-state index contributed by atoms with van der Waals surface area (Å²) >= 11 is 11.9. The number of alkyl halides is 3. The first-order chi connectivity index (χ1) is 14.2. The quantitative estimate of drug-likeness (QED) is 0.594. The number of anilines is 1. The molecule has 0 spiro atoms. The number of aromatic nitrogens is 5. The summed E-state index contributed by atoms with van der Waals surface area (Å²) in [6.45, 7) is -0.0383. The molecule has 12 heteroatoms. The summed E-state index contributed by atoms with van der Waals surface area (Å²) in [6.07, 6.45) is -1.85. The number of carbonyl (C=O) groups is 1. The first kappa shape index (κ1) is 20.7. The third-order valence-corrected chi connectivity index (χ3v) is 5.09. The molecule has 1 aliphatic rings. The molecule has 0 unspecified atom stereocenters. The Morgan fingerprint density at radius 3 is 2.67 bits per heavy atom. The lowest BCUT2D eigenvalue weighted by molar-refractivity contribution is -0.141. The second kappa shape index (κ2) is 7.92. The molecule has 0 bridgehead atoms. The first-order valence-corrected chi connectivity index (χ1v) is 9.73. The van der Waals surface area contributed by atoms with Crippen LogP contribution in [0.25, 0.3) is 0 Å². The van der Waals surface area contributed by atoms with Crippen LogP contribution in [0.1, 0.15) is 35.7 Å². The zero-order valence-corrected chi connectivity index (χ0v) is 16.8. The van der Waals surface area contributed by atoms with Gasteiger partial charge in [-0.25, -0.2) is 9.67 Å². The van der Waals surface area contributed by atoms with Gasteiger partial charge in [-0.3, -0.25) is 14.8 Å². The number of nitrogens with one attached hydrogen (secondary N) is 1. The first-order valence-electron chi connectivity index (χ1n) is 8.98. The standard InChI is InChI=1S/C18H15Cl2F3N6O/c19-12-3-1-2-10(6-12)7-28-9-24-17(27-28)25-13(30)8-29-15(11-4-5-11)14(20)16(26-29)18(21,22)23/h1-3,6,9,11H,4-5,7-8H2,(H,25,27,30). The number of halogens is 5. The molecule has 1 aliphatic carbocycles. The number of rotatable bonds is 6. The number of amides is 1. The van der Waals surface area contributed by atoms with E-state index in [1.165, 1.54) is 11.0 Å². The maximum Gasteiger partial charge on any atom is 0.436 e. The smallest absolute Gasteiger partial charge is 0.292 e. The van der Waals surface area contributed by atoms with Gasteiger partial charge in [0.1, 0.15) is 12.9 Å². The number of nitrogens with zero attached hydrogens (tertiary/aromatic N) is 5. The average molecular weight is 459 g/mol. The van der Waals surface area contributed by atoms with E-state index >= 15 is 0 Å². The van der Waals surface area contributed by atoms with E-state index in [1.54, 1.807) is 18.2 Å². The van der Waals surface area contributed by atoms with Crippen LogP contribution in [0.5, 0.6) is 0 Å². The van der Waals surface area contributed by atoms with Gasteiger partial charge in [0.05, 0.1) is 17.3 Å². The Kier molecular flexibility index (Phi) is 5.46. The van der Waals surface area contributed by atoms with E-state index in [-0.39, 0.29) is 17.6 Å². The molecule has 0 aliphatic heterocycles. The van der Waals surface area contributed by atoms with Crippen LogP contribution in [-0.4, -0.2) is 30.5 Å². The van der Waals surface area contributed by atoms with Gasteiger partial charge in [0.25, 0.3) is 0 Å². The molecule has 0 radical (unpaired) electrons. The normalized spacial score (nSPS) is 14.2. The van der Waals surface area contributed by atoms with Crippen molar-refractivity contribution >= 4 is 35.1 Å². The fourth-order valence-corrected chi connectivity index (χ4v) is 3.66. The largest absolute Gasteiger partial charge is 0.436 e. The minimum atomic E-state index is -4.69. The van der Waals surface area contributed by atoms with Crippen molar-refractivity contribution in [3.63, 3.8) is 0 Å². The number of benzene rings is 1. The molecule has 1 amide bonds. The van der Waals surface area contributed by atoms with Crippen molar-refractivity contribution < 1.29 is 18.0 Å². The summed E-state index contributed by atoms with van der Waals surface area (Å²) in [5, 5.41) is 10.3. The number of hydrogen-bond donors (Lipinski definition) is 1. The van der Waals surface area contributed by atoms with Crippen molar-refractivity contribution in [3.05, 3.63) is 57.6 Å². The van der Waals surface area contributed by atoms with Gasteiger partial charge in [0.15, 0.2) is 5.69 Å². The van der Waals surface area contributed by atoms with Crippen LogP contribution in [0.4, 0.5) is 19.1 Å². The van der Waals surface area contributed by atoms with E-state index in [2.05, 4.69) is 20.5 Å². The lowest BCUT2D eigenvalue weighted by Gasteiger charge is -2.06. The van der Waals surface area contributed by atoms with Gasteiger partial charge in [-0.15, -0.1) is 5.10 Å². The van der Waals surface area contributed by atoms with E-state index in [0.29, 0.717) is 24.4 Å². The van der Waals surface area contributed by atoms with E-state index in [1.807, 2.05) is 6.07 Å². The maximum atomic E-state index is 13.1. The lowest BCUT2D eigenvalue weighted by atomic mass is 10.2. The summed E-state index contributed by atoms with van der Waals surface area (Å²) in [7, 11) is 0. The predicted octanol–water partition coefficient (Wildman–Crippen LogP) is 4.36. The SMILES string of the molecule is O=C(Cn1nc(C(F)(F)F)c(Cl)c1C1CC1)Nc1ncn(Cc2cccc(Cl)c2)n1. The van der Waals surface area contributed by atoms with Gasteiger partial charge in [0, 0.05) is 10.9 Å². The Balaban J connectivity index is 1.45. The number of hydrogen-bond acceptors (Lipinski definition) is 4. The summed E-state index contributed by atoms with van der Waals surface area (Å²) in [6, 6.07) is 7.20. The van der Waals surface area contributed by atoms with Crippen LogP contribution in [0.2, 0.25) is 10.0 Å². The van der Waals surface area contributed by atoms with E-state index in [0.717, 1.165) is 10.2 Å². The molecule has 1 N–H and O–H groups in total. The molecular weight excluding hydrogens is 444 g/mol. The highest BCUT2D eigenvalue weighted by Crippen LogP contribution is 2.46. The second-order valence-corrected chi connectivity index (χ2v) is 7.74. The molecule has 4 rings (SSSR count). The third-order valence-electron chi connectivity index (χ3n) is 4.48. The topological polar surface area (TPSA) is 77.6 Å². The van der Waals surface area contributed by atoms with Crippen LogP contribution in [0, 0.1) is 0 Å². The summed E-state index contributed by atoms with van der Waals surface area (Å²) in [5.41, 5.74) is -0.0495. The van der Waals surface area contributed by atoms with Gasteiger partial charge >= 0.3 is 6.18 Å². The van der Waals surface area contributed by atoms with Crippen molar-refractivity contribution in [2.75, 3.05) is 5.32 Å². The Bertz CT molecular complexity index is 1090. The van der Waals surface area contributed by atoms with Crippen molar-refractivity contribution in [1.82, 2.24) is 24.5 Å². The molecule has 158 valence electrons. The summed E-state index contributed by atoms with van der Waals surface area (Å²) in [4.78, 5) is 16.4. The molecule has 1 aromatic carbocycles. The highest BCUT2D eigenvalue weighted by Gasteiger charge is 2.42. The fourth-order valence-electron chi connectivity index (χ4n) is 3.05. The summed E-state index contributed by atoms with van der Waals surface area (Å²) in [5.74, 6) is -0.696. The number of carbonyl (C=O) groups excluding carboxylic acids is 1. The molecule has 2 aromatic heterocycles. The van der Waals surface area contributed by atoms with E-state index in [4.69, 9.17) is 23.2 Å². The Morgan fingerprint density at radius 2 is 2.00 bits per heavy atom. The van der Waals surface area contributed by atoms with Crippen LogP contribution in [-0.2, 0) is 24.1 Å².